The highest BCUT2D eigenvalue weighted by Crippen LogP contribution is 2.28. The summed E-state index contributed by atoms with van der Waals surface area (Å²) >= 11 is 0. The molecule has 0 fully saturated rings. The highest BCUT2D eigenvalue weighted by atomic mass is 16.5. The predicted octanol–water partition coefficient (Wildman–Crippen LogP) is 4.95. The zero-order valence-corrected chi connectivity index (χ0v) is 20.5. The molecule has 8 heteroatoms. The molecule has 0 atom stereocenters. The van der Waals surface area contributed by atoms with E-state index in [0.717, 1.165) is 33.6 Å². The molecule has 3 aromatic carbocycles. The number of carbonyl (C=O) groups is 1. The van der Waals surface area contributed by atoms with E-state index >= 15 is 0 Å². The highest BCUT2D eigenvalue weighted by Gasteiger charge is 2.11. The van der Waals surface area contributed by atoms with Crippen LogP contribution in [0.25, 0.3) is 16.7 Å². The molecule has 0 aliphatic heterocycles. The molecule has 186 valence electrons. The molecule has 1 N–H and O–H groups in total. The van der Waals surface area contributed by atoms with Gasteiger partial charge in [-0.05, 0) is 59.7 Å². The lowest BCUT2D eigenvalue weighted by molar-refractivity contribution is 0.0951. The smallest absolute Gasteiger partial charge is 0.251 e. The van der Waals surface area contributed by atoms with E-state index in [1.54, 1.807) is 45.1 Å². The number of aromatic nitrogens is 3. The molecule has 0 unspecified atom stereocenters. The van der Waals surface area contributed by atoms with E-state index in [2.05, 4.69) is 15.3 Å². The van der Waals surface area contributed by atoms with Crippen molar-refractivity contribution in [3.8, 4) is 22.9 Å². The van der Waals surface area contributed by atoms with Gasteiger partial charge in [-0.2, -0.15) is 0 Å². The van der Waals surface area contributed by atoms with Crippen molar-refractivity contribution in [2.75, 3.05) is 14.2 Å². The molecule has 37 heavy (non-hydrogen) atoms. The first kappa shape index (κ1) is 23.9. The molecule has 0 aliphatic carbocycles. The maximum atomic E-state index is 12.7. The van der Waals surface area contributed by atoms with Gasteiger partial charge in [-0.25, -0.2) is 4.98 Å². The molecule has 5 rings (SSSR count). The van der Waals surface area contributed by atoms with Crippen LogP contribution in [0.4, 0.5) is 0 Å². The van der Waals surface area contributed by atoms with E-state index in [-0.39, 0.29) is 5.91 Å². The van der Waals surface area contributed by atoms with Gasteiger partial charge in [0.2, 0.25) is 0 Å². The average Bonchev–Trinajstić information content (AvgIpc) is 3.38. The molecule has 0 radical (unpaired) electrons. The first-order valence-corrected chi connectivity index (χ1v) is 11.7. The van der Waals surface area contributed by atoms with Crippen molar-refractivity contribution in [3.63, 3.8) is 0 Å². The molecule has 0 saturated heterocycles. The Kier molecular flexibility index (Phi) is 6.98. The molecule has 5 aromatic rings. The molecule has 0 saturated carbocycles. The number of hydrogen-bond donors (Lipinski definition) is 1. The second-order valence-electron chi connectivity index (χ2n) is 8.34. The summed E-state index contributed by atoms with van der Waals surface area (Å²) in [4.78, 5) is 21.2. The lowest BCUT2D eigenvalue weighted by atomic mass is 10.1. The van der Waals surface area contributed by atoms with Gasteiger partial charge >= 0.3 is 0 Å². The zero-order chi connectivity index (χ0) is 25.6. The van der Waals surface area contributed by atoms with Crippen LogP contribution in [-0.2, 0) is 13.2 Å². The van der Waals surface area contributed by atoms with Crippen molar-refractivity contribution in [1.82, 2.24) is 19.9 Å². The van der Waals surface area contributed by atoms with Gasteiger partial charge in [-0.15, -0.1) is 0 Å². The number of amides is 1. The number of hydrogen-bond acceptors (Lipinski definition) is 6. The van der Waals surface area contributed by atoms with E-state index in [1.807, 2.05) is 65.2 Å². The first-order valence-electron chi connectivity index (χ1n) is 11.7. The van der Waals surface area contributed by atoms with Crippen molar-refractivity contribution in [2.24, 2.45) is 0 Å². The first-order chi connectivity index (χ1) is 18.1. The molecule has 2 aromatic heterocycles. The summed E-state index contributed by atoms with van der Waals surface area (Å²) in [6.07, 6.45) is 5.18. The number of ether oxygens (including phenoxy) is 3. The maximum Gasteiger partial charge on any atom is 0.251 e. The normalized spacial score (nSPS) is 10.8. The minimum absolute atomic E-state index is 0.161. The number of benzene rings is 3. The van der Waals surface area contributed by atoms with E-state index in [9.17, 15) is 4.79 Å². The molecule has 8 nitrogen and oxygen atoms in total. The second-order valence-corrected chi connectivity index (χ2v) is 8.34. The van der Waals surface area contributed by atoms with Crippen LogP contribution in [0.3, 0.4) is 0 Å². The van der Waals surface area contributed by atoms with Gasteiger partial charge in [-0.1, -0.05) is 18.2 Å². The van der Waals surface area contributed by atoms with Crippen molar-refractivity contribution in [1.29, 1.82) is 0 Å². The lowest BCUT2D eigenvalue weighted by Crippen LogP contribution is -2.22. The fraction of sp³-hybridized carbons (Fsp3) is 0.138. The summed E-state index contributed by atoms with van der Waals surface area (Å²) in [7, 11) is 3.22. The van der Waals surface area contributed by atoms with Gasteiger partial charge < -0.3 is 19.5 Å². The number of fused-ring (bicyclic) bond motifs is 1. The minimum Gasteiger partial charge on any atom is -0.493 e. The molecule has 1 amide bonds. The monoisotopic (exact) mass is 494 g/mol. The molecule has 0 spiro atoms. The third kappa shape index (κ3) is 5.38. The van der Waals surface area contributed by atoms with Crippen LogP contribution in [0.5, 0.6) is 17.2 Å². The quantitative estimate of drug-likeness (QED) is 0.312. The Morgan fingerprint density at radius 1 is 0.919 bits per heavy atom. The van der Waals surface area contributed by atoms with Gasteiger partial charge in [-0.3, -0.25) is 14.3 Å². The van der Waals surface area contributed by atoms with Crippen molar-refractivity contribution in [3.05, 3.63) is 108 Å². The Balaban J connectivity index is 1.29. The third-order valence-electron chi connectivity index (χ3n) is 5.93. The van der Waals surface area contributed by atoms with Crippen LogP contribution in [-0.4, -0.2) is 34.7 Å². The summed E-state index contributed by atoms with van der Waals surface area (Å²) in [6.45, 7) is 0.793. The standard InChI is InChI=1S/C29H26N4O4/c1-35-27-11-8-20(13-28(27)36-2)18-37-24-7-3-6-23(15-24)33-19-32-25-14-22(9-10-26(25)33)29(34)31-17-21-5-4-12-30-16-21/h3-16,19H,17-18H2,1-2H3,(H,31,34). The zero-order valence-electron chi connectivity index (χ0n) is 20.5. The molecule has 0 bridgehead atoms. The van der Waals surface area contributed by atoms with E-state index < -0.39 is 0 Å². The third-order valence-corrected chi connectivity index (χ3v) is 5.93. The summed E-state index contributed by atoms with van der Waals surface area (Å²) in [5, 5.41) is 2.92. The Morgan fingerprint density at radius 3 is 2.62 bits per heavy atom. The second kappa shape index (κ2) is 10.8. The molecular weight excluding hydrogens is 468 g/mol. The van der Waals surface area contributed by atoms with Crippen molar-refractivity contribution in [2.45, 2.75) is 13.2 Å². The summed E-state index contributed by atoms with van der Waals surface area (Å²) in [6, 6.07) is 22.8. The fourth-order valence-corrected chi connectivity index (χ4v) is 4.01. The van der Waals surface area contributed by atoms with Crippen LogP contribution < -0.4 is 19.5 Å². The number of pyridine rings is 1. The molecule has 0 aliphatic rings. The largest absolute Gasteiger partial charge is 0.493 e. The Bertz CT molecular complexity index is 1530. The van der Waals surface area contributed by atoms with E-state index in [4.69, 9.17) is 14.2 Å². The summed E-state index contributed by atoms with van der Waals surface area (Å²) in [5.74, 6) is 1.90. The molecule has 2 heterocycles. The Labute approximate surface area is 214 Å². The highest BCUT2D eigenvalue weighted by molar-refractivity contribution is 5.97. The van der Waals surface area contributed by atoms with Crippen LogP contribution in [0, 0.1) is 0 Å². The van der Waals surface area contributed by atoms with Gasteiger partial charge in [0, 0.05) is 30.6 Å². The Morgan fingerprint density at radius 2 is 1.81 bits per heavy atom. The van der Waals surface area contributed by atoms with Crippen molar-refractivity contribution < 1.29 is 19.0 Å². The van der Waals surface area contributed by atoms with Gasteiger partial charge in [0.25, 0.3) is 5.91 Å². The van der Waals surface area contributed by atoms with E-state index in [0.29, 0.717) is 30.2 Å². The number of nitrogens with one attached hydrogen (secondary N) is 1. The van der Waals surface area contributed by atoms with Crippen molar-refractivity contribution >= 4 is 16.9 Å². The van der Waals surface area contributed by atoms with Gasteiger partial charge in [0.05, 0.1) is 30.9 Å². The minimum atomic E-state index is -0.161. The maximum absolute atomic E-state index is 12.7. The Hall–Kier alpha value is -4.85. The predicted molar refractivity (Wildman–Crippen MR) is 140 cm³/mol. The number of rotatable bonds is 9. The number of methoxy groups -OCH3 is 2. The number of nitrogens with zero attached hydrogens (tertiary/aromatic N) is 3. The summed E-state index contributed by atoms with van der Waals surface area (Å²) in [5.41, 5.74) is 4.97. The topological polar surface area (TPSA) is 87.5 Å². The van der Waals surface area contributed by atoms with Gasteiger partial charge in [0.1, 0.15) is 18.7 Å². The van der Waals surface area contributed by atoms with Crippen LogP contribution >= 0.6 is 0 Å². The summed E-state index contributed by atoms with van der Waals surface area (Å²) < 4.78 is 18.7. The SMILES string of the molecule is COc1ccc(COc2cccc(-n3cnc4cc(C(=O)NCc5cccnc5)ccc43)c2)cc1OC. The van der Waals surface area contributed by atoms with E-state index in [1.165, 1.54) is 0 Å². The fourth-order valence-electron chi connectivity index (χ4n) is 4.01. The van der Waals surface area contributed by atoms with Gasteiger partial charge in [0.15, 0.2) is 11.5 Å². The van der Waals surface area contributed by atoms with Crippen LogP contribution in [0.1, 0.15) is 21.5 Å². The number of imidazole rings is 1. The number of carbonyl (C=O) groups excluding carboxylic acids is 1. The van der Waals surface area contributed by atoms with Crippen LogP contribution in [0.15, 0.2) is 91.5 Å². The average molecular weight is 495 g/mol. The van der Waals surface area contributed by atoms with Crippen LogP contribution in [0.2, 0.25) is 0 Å². The lowest BCUT2D eigenvalue weighted by Gasteiger charge is -2.12. The molecular formula is C29H26N4O4.